The van der Waals surface area contributed by atoms with Gasteiger partial charge in [-0.25, -0.2) is 13.2 Å². The fourth-order valence-corrected chi connectivity index (χ4v) is 4.44. The number of nitrogens with two attached hydrogens (primary N) is 1. The van der Waals surface area contributed by atoms with Gasteiger partial charge in [0.15, 0.2) is 11.5 Å². The van der Waals surface area contributed by atoms with Crippen LogP contribution in [0, 0.1) is 5.92 Å². The normalized spacial score (nSPS) is 14.3. The standard InChI is InChI=1S/C21H28N6O5S/c1-31-8-9-32-20-24-18(22)17-19(25-20)27(21(28)23-17)13-16-5-3-4-15(10-16)12-26(33(2,29)30)11-14-6-7-14/h3-5,10,14H,6-9,11-13H2,1-2H3,(H,23,28)(H2,22,24,25). The molecule has 2 aromatic heterocycles. The van der Waals surface area contributed by atoms with Gasteiger partial charge in [0, 0.05) is 20.2 Å². The number of methoxy groups -OCH3 is 1. The first-order valence-electron chi connectivity index (χ1n) is 10.7. The summed E-state index contributed by atoms with van der Waals surface area (Å²) in [6.45, 7) is 1.66. The number of aromatic amines is 1. The van der Waals surface area contributed by atoms with Gasteiger partial charge in [-0.15, -0.1) is 0 Å². The zero-order valence-corrected chi connectivity index (χ0v) is 19.5. The largest absolute Gasteiger partial charge is 0.461 e. The van der Waals surface area contributed by atoms with Gasteiger partial charge in [0.2, 0.25) is 10.0 Å². The Kier molecular flexibility index (Phi) is 6.68. The van der Waals surface area contributed by atoms with Crippen molar-refractivity contribution in [2.24, 2.45) is 5.92 Å². The highest BCUT2D eigenvalue weighted by Gasteiger charge is 2.28. The van der Waals surface area contributed by atoms with E-state index >= 15 is 0 Å². The van der Waals surface area contributed by atoms with Gasteiger partial charge in [-0.3, -0.25) is 4.57 Å². The van der Waals surface area contributed by atoms with Gasteiger partial charge in [0.05, 0.1) is 19.4 Å². The number of aromatic nitrogens is 4. The van der Waals surface area contributed by atoms with Crippen molar-refractivity contribution in [3.63, 3.8) is 0 Å². The van der Waals surface area contributed by atoms with Crippen molar-refractivity contribution >= 4 is 27.0 Å². The maximum atomic E-state index is 12.6. The summed E-state index contributed by atoms with van der Waals surface area (Å²) in [5.41, 5.74) is 7.96. The van der Waals surface area contributed by atoms with E-state index in [2.05, 4.69) is 15.0 Å². The van der Waals surface area contributed by atoms with Crippen LogP contribution in [0.25, 0.3) is 11.2 Å². The molecule has 11 nitrogen and oxygen atoms in total. The van der Waals surface area contributed by atoms with Crippen LogP contribution in [0.15, 0.2) is 29.1 Å². The zero-order chi connectivity index (χ0) is 23.6. The van der Waals surface area contributed by atoms with Gasteiger partial charge in [0.1, 0.15) is 12.1 Å². The lowest BCUT2D eigenvalue weighted by atomic mass is 10.1. The molecule has 0 atom stereocenters. The molecule has 1 fully saturated rings. The minimum Gasteiger partial charge on any atom is -0.461 e. The first-order chi connectivity index (χ1) is 15.7. The third-order valence-electron chi connectivity index (χ3n) is 5.47. The number of anilines is 1. The van der Waals surface area contributed by atoms with Crippen LogP contribution in [-0.4, -0.2) is 65.4 Å². The van der Waals surface area contributed by atoms with Crippen LogP contribution in [0.4, 0.5) is 5.82 Å². The molecule has 1 aromatic carbocycles. The zero-order valence-electron chi connectivity index (χ0n) is 18.7. The van der Waals surface area contributed by atoms with Crippen LogP contribution in [0.2, 0.25) is 0 Å². The fourth-order valence-electron chi connectivity index (χ4n) is 3.58. The second kappa shape index (κ2) is 9.49. The van der Waals surface area contributed by atoms with E-state index in [1.807, 2.05) is 24.3 Å². The Balaban J connectivity index is 1.59. The quantitative estimate of drug-likeness (QED) is 0.389. The fraction of sp³-hybridized carbons (Fsp3) is 0.476. The molecule has 2 heterocycles. The molecule has 33 heavy (non-hydrogen) atoms. The lowest BCUT2D eigenvalue weighted by Gasteiger charge is -2.20. The summed E-state index contributed by atoms with van der Waals surface area (Å²) in [4.78, 5) is 23.7. The van der Waals surface area contributed by atoms with E-state index in [0.717, 1.165) is 24.0 Å². The SMILES string of the molecule is COCCOc1nc(N)c2[nH]c(=O)n(Cc3cccc(CN(CC4CC4)S(C)(=O)=O)c3)c2n1. The van der Waals surface area contributed by atoms with Crippen molar-refractivity contribution in [1.82, 2.24) is 23.8 Å². The monoisotopic (exact) mass is 476 g/mol. The molecular formula is C21H28N6O5S. The molecule has 1 aliphatic rings. The smallest absolute Gasteiger partial charge is 0.328 e. The third-order valence-corrected chi connectivity index (χ3v) is 6.68. The minimum atomic E-state index is -3.32. The van der Waals surface area contributed by atoms with Gasteiger partial charge in [-0.1, -0.05) is 24.3 Å². The van der Waals surface area contributed by atoms with Gasteiger partial charge in [-0.2, -0.15) is 14.3 Å². The van der Waals surface area contributed by atoms with Crippen LogP contribution in [-0.2, 0) is 27.8 Å². The van der Waals surface area contributed by atoms with E-state index in [4.69, 9.17) is 15.2 Å². The van der Waals surface area contributed by atoms with Crippen molar-refractivity contribution in [3.05, 3.63) is 45.9 Å². The number of H-pyrrole nitrogens is 1. The molecule has 178 valence electrons. The molecule has 0 aliphatic heterocycles. The van der Waals surface area contributed by atoms with Crippen LogP contribution in [0.5, 0.6) is 6.01 Å². The number of rotatable bonds is 11. The topological polar surface area (TPSA) is 145 Å². The van der Waals surface area contributed by atoms with Crippen LogP contribution in [0.1, 0.15) is 24.0 Å². The van der Waals surface area contributed by atoms with Gasteiger partial charge in [0.25, 0.3) is 0 Å². The number of imidazole rings is 1. The number of nitrogen functional groups attached to an aromatic ring is 1. The number of hydrogen-bond donors (Lipinski definition) is 2. The highest BCUT2D eigenvalue weighted by molar-refractivity contribution is 7.88. The van der Waals surface area contributed by atoms with E-state index in [1.54, 1.807) is 7.11 Å². The molecule has 1 aliphatic carbocycles. The summed E-state index contributed by atoms with van der Waals surface area (Å²) in [7, 11) is -1.76. The van der Waals surface area contributed by atoms with Crippen molar-refractivity contribution in [3.8, 4) is 6.01 Å². The summed E-state index contributed by atoms with van der Waals surface area (Å²) in [5, 5.41) is 0. The van der Waals surface area contributed by atoms with Crippen molar-refractivity contribution in [2.45, 2.75) is 25.9 Å². The highest BCUT2D eigenvalue weighted by Crippen LogP contribution is 2.31. The first kappa shape index (κ1) is 23.2. The number of sulfonamides is 1. The molecule has 0 radical (unpaired) electrons. The van der Waals surface area contributed by atoms with Gasteiger partial charge < -0.3 is 20.2 Å². The van der Waals surface area contributed by atoms with E-state index in [-0.39, 0.29) is 30.7 Å². The van der Waals surface area contributed by atoms with Crippen molar-refractivity contribution in [2.75, 3.05) is 38.9 Å². The number of fused-ring (bicyclic) bond motifs is 1. The number of ether oxygens (including phenoxy) is 2. The van der Waals surface area contributed by atoms with Crippen LogP contribution >= 0.6 is 0 Å². The second-order valence-corrected chi connectivity index (χ2v) is 10.2. The lowest BCUT2D eigenvalue weighted by molar-refractivity contribution is 0.141. The average molecular weight is 477 g/mol. The molecule has 0 saturated heterocycles. The summed E-state index contributed by atoms with van der Waals surface area (Å²) in [5.74, 6) is 0.555. The molecule has 3 aromatic rings. The first-order valence-corrected chi connectivity index (χ1v) is 12.5. The van der Waals surface area contributed by atoms with Gasteiger partial charge in [-0.05, 0) is 29.9 Å². The van der Waals surface area contributed by atoms with E-state index in [9.17, 15) is 13.2 Å². The summed E-state index contributed by atoms with van der Waals surface area (Å²) < 4.78 is 37.8. The van der Waals surface area contributed by atoms with Crippen LogP contribution in [0.3, 0.4) is 0 Å². The van der Waals surface area contributed by atoms with Crippen molar-refractivity contribution < 1.29 is 17.9 Å². The Bertz CT molecular complexity index is 1300. The Morgan fingerprint density at radius 1 is 1.24 bits per heavy atom. The minimum absolute atomic E-state index is 0.0578. The predicted molar refractivity (Wildman–Crippen MR) is 123 cm³/mol. The Morgan fingerprint density at radius 2 is 2.00 bits per heavy atom. The average Bonchev–Trinajstić information content (AvgIpc) is 3.52. The highest BCUT2D eigenvalue weighted by atomic mass is 32.2. The molecule has 0 unspecified atom stereocenters. The Morgan fingerprint density at radius 3 is 2.70 bits per heavy atom. The lowest BCUT2D eigenvalue weighted by Crippen LogP contribution is -2.31. The van der Waals surface area contributed by atoms with Crippen LogP contribution < -0.4 is 16.2 Å². The summed E-state index contributed by atoms with van der Waals surface area (Å²) in [6.07, 6.45) is 3.37. The molecule has 12 heteroatoms. The van der Waals surface area contributed by atoms with E-state index < -0.39 is 10.0 Å². The molecule has 3 N–H and O–H groups in total. The summed E-state index contributed by atoms with van der Waals surface area (Å²) >= 11 is 0. The Labute approximate surface area is 191 Å². The predicted octanol–water partition coefficient (Wildman–Crippen LogP) is 0.947. The maximum Gasteiger partial charge on any atom is 0.328 e. The molecule has 4 rings (SSSR count). The Hall–Kier alpha value is -2.96. The third kappa shape index (κ3) is 5.70. The number of benzene rings is 1. The van der Waals surface area contributed by atoms with Gasteiger partial charge >= 0.3 is 11.7 Å². The number of nitrogens with zero attached hydrogens (tertiary/aromatic N) is 4. The number of nitrogens with one attached hydrogen (secondary N) is 1. The van der Waals surface area contributed by atoms with E-state index in [1.165, 1.54) is 15.1 Å². The number of hydrogen-bond acceptors (Lipinski definition) is 8. The molecule has 1 saturated carbocycles. The molecule has 0 spiro atoms. The van der Waals surface area contributed by atoms with Crippen molar-refractivity contribution in [1.29, 1.82) is 0 Å². The maximum absolute atomic E-state index is 12.6. The van der Waals surface area contributed by atoms with E-state index in [0.29, 0.717) is 36.8 Å². The summed E-state index contributed by atoms with van der Waals surface area (Å²) in [6, 6.07) is 7.57. The second-order valence-electron chi connectivity index (χ2n) is 8.27. The molecule has 0 amide bonds. The molecule has 0 bridgehead atoms. The molecular weight excluding hydrogens is 448 g/mol.